The maximum Gasteiger partial charge on any atom is 0.249 e. The van der Waals surface area contributed by atoms with Gasteiger partial charge < -0.3 is 20.6 Å². The number of rotatable bonds is 36. The summed E-state index contributed by atoms with van der Waals surface area (Å²) in [7, 11) is 0. The van der Waals surface area contributed by atoms with Crippen molar-refractivity contribution in [3.63, 3.8) is 0 Å². The van der Waals surface area contributed by atoms with E-state index in [4.69, 9.17) is 0 Å². The van der Waals surface area contributed by atoms with Crippen LogP contribution in [-0.2, 0) is 4.79 Å². The predicted molar refractivity (Wildman–Crippen MR) is 204 cm³/mol. The summed E-state index contributed by atoms with van der Waals surface area (Å²) in [4.78, 5) is 12.4. The number of allylic oxidation sites excluding steroid dienone is 4. The van der Waals surface area contributed by atoms with E-state index in [0.29, 0.717) is 0 Å². The maximum atomic E-state index is 12.4. The van der Waals surface area contributed by atoms with Gasteiger partial charge in [0.15, 0.2) is 0 Å². The summed E-state index contributed by atoms with van der Waals surface area (Å²) in [6.45, 7) is 4.13. The Morgan fingerprint density at radius 1 is 0.532 bits per heavy atom. The summed E-state index contributed by atoms with van der Waals surface area (Å²) >= 11 is 0. The van der Waals surface area contributed by atoms with Crippen molar-refractivity contribution in [3.8, 4) is 0 Å². The number of unbranched alkanes of at least 4 members (excludes halogenated alkanes) is 25. The molecule has 0 bridgehead atoms. The van der Waals surface area contributed by atoms with Gasteiger partial charge in [0.25, 0.3) is 0 Å². The van der Waals surface area contributed by atoms with E-state index < -0.39 is 24.2 Å². The van der Waals surface area contributed by atoms with Crippen LogP contribution in [0.15, 0.2) is 36.5 Å². The molecule has 0 aromatic heterocycles. The Bertz CT molecular complexity index is 734. The van der Waals surface area contributed by atoms with Crippen molar-refractivity contribution in [1.82, 2.24) is 5.32 Å². The highest BCUT2D eigenvalue weighted by atomic mass is 16.3. The molecule has 4 N–H and O–H groups in total. The van der Waals surface area contributed by atoms with Crippen molar-refractivity contribution in [1.29, 1.82) is 0 Å². The summed E-state index contributed by atoms with van der Waals surface area (Å²) in [6, 6.07) is -0.826. The average molecular weight is 662 g/mol. The van der Waals surface area contributed by atoms with Gasteiger partial charge in [0.2, 0.25) is 5.91 Å². The lowest BCUT2D eigenvalue weighted by atomic mass is 10.0. The molecular formula is C42H79NO4. The van der Waals surface area contributed by atoms with Crippen LogP contribution in [0, 0.1) is 0 Å². The Hall–Kier alpha value is -1.43. The van der Waals surface area contributed by atoms with Crippen LogP contribution in [0.3, 0.4) is 0 Å². The molecule has 0 saturated carbocycles. The Labute approximate surface area is 292 Å². The Morgan fingerprint density at radius 2 is 0.915 bits per heavy atom. The number of aliphatic hydroxyl groups excluding tert-OH is 3. The van der Waals surface area contributed by atoms with E-state index in [0.717, 1.165) is 25.7 Å². The minimum atomic E-state index is -1.20. The van der Waals surface area contributed by atoms with Crippen LogP contribution in [0.25, 0.3) is 0 Å². The highest BCUT2D eigenvalue weighted by Crippen LogP contribution is 2.15. The summed E-state index contributed by atoms with van der Waals surface area (Å²) < 4.78 is 0. The molecule has 0 aliphatic rings. The molecule has 0 heterocycles. The van der Waals surface area contributed by atoms with Crippen molar-refractivity contribution in [2.24, 2.45) is 0 Å². The van der Waals surface area contributed by atoms with E-state index in [1.165, 1.54) is 154 Å². The van der Waals surface area contributed by atoms with E-state index in [-0.39, 0.29) is 13.0 Å². The fraction of sp³-hybridized carbons (Fsp3) is 0.833. The van der Waals surface area contributed by atoms with Crippen LogP contribution in [0.1, 0.15) is 200 Å². The fourth-order valence-electron chi connectivity index (χ4n) is 5.99. The zero-order valence-corrected chi connectivity index (χ0v) is 31.2. The van der Waals surface area contributed by atoms with Crippen molar-refractivity contribution in [2.75, 3.05) is 6.61 Å². The molecule has 0 aromatic rings. The van der Waals surface area contributed by atoms with Gasteiger partial charge in [-0.25, -0.2) is 0 Å². The van der Waals surface area contributed by atoms with Crippen molar-refractivity contribution in [3.05, 3.63) is 36.5 Å². The molecule has 0 aliphatic carbocycles. The minimum Gasteiger partial charge on any atom is -0.394 e. The second-order valence-corrected chi connectivity index (χ2v) is 13.9. The van der Waals surface area contributed by atoms with E-state index in [1.54, 1.807) is 6.08 Å². The second kappa shape index (κ2) is 37.4. The third kappa shape index (κ3) is 32.9. The third-order valence-electron chi connectivity index (χ3n) is 9.24. The standard InChI is InChI=1S/C42H79NO4/c1-3-5-7-9-11-13-15-17-18-19-20-21-22-23-24-25-27-28-30-32-34-36-40(45)39(38-44)43-42(47)41(46)37-35-33-31-29-26-16-14-12-10-8-6-4-2/h26,29,33-36,39-41,44-46H,3-25,27-28,30-32,37-38H2,1-2H3,(H,43,47)/b29-26-,35-33-,36-34+. The van der Waals surface area contributed by atoms with Gasteiger partial charge in [-0.05, 0) is 32.1 Å². The normalized spacial score (nSPS) is 14.1. The van der Waals surface area contributed by atoms with Gasteiger partial charge >= 0.3 is 0 Å². The quantitative estimate of drug-likeness (QED) is 0.0397. The highest BCUT2D eigenvalue weighted by Gasteiger charge is 2.22. The van der Waals surface area contributed by atoms with Gasteiger partial charge in [-0.3, -0.25) is 4.79 Å². The van der Waals surface area contributed by atoms with Crippen LogP contribution in [0.4, 0.5) is 0 Å². The van der Waals surface area contributed by atoms with Crippen LogP contribution >= 0.6 is 0 Å². The Kier molecular flexibility index (Phi) is 36.3. The van der Waals surface area contributed by atoms with E-state index in [1.807, 2.05) is 18.2 Å². The molecule has 0 radical (unpaired) electrons. The molecule has 3 unspecified atom stereocenters. The van der Waals surface area contributed by atoms with Crippen LogP contribution in [0.5, 0.6) is 0 Å². The first-order valence-electron chi connectivity index (χ1n) is 20.3. The van der Waals surface area contributed by atoms with Crippen molar-refractivity contribution in [2.45, 2.75) is 218 Å². The average Bonchev–Trinajstić information content (AvgIpc) is 3.07. The van der Waals surface area contributed by atoms with Crippen LogP contribution < -0.4 is 5.32 Å². The fourth-order valence-corrected chi connectivity index (χ4v) is 5.99. The molecule has 0 fully saturated rings. The zero-order chi connectivity index (χ0) is 34.5. The molecule has 3 atom stereocenters. The predicted octanol–water partition coefficient (Wildman–Crippen LogP) is 11.2. The summed E-state index contributed by atoms with van der Waals surface area (Å²) in [5.41, 5.74) is 0. The lowest BCUT2D eigenvalue weighted by molar-refractivity contribution is -0.131. The number of amides is 1. The van der Waals surface area contributed by atoms with Crippen molar-refractivity contribution < 1.29 is 20.1 Å². The van der Waals surface area contributed by atoms with Crippen LogP contribution in [0.2, 0.25) is 0 Å². The van der Waals surface area contributed by atoms with Gasteiger partial charge in [-0.2, -0.15) is 0 Å². The monoisotopic (exact) mass is 662 g/mol. The topological polar surface area (TPSA) is 89.8 Å². The molecule has 0 aromatic carbocycles. The molecule has 0 rings (SSSR count). The van der Waals surface area contributed by atoms with E-state index in [2.05, 4.69) is 31.3 Å². The SMILES string of the molecule is CCCCCCCC/C=C\C/C=C\CC(O)C(=O)NC(CO)C(O)/C=C/CCCCCCCCCCCCCCCCCCCCC. The van der Waals surface area contributed by atoms with Gasteiger partial charge in [-0.1, -0.05) is 198 Å². The first-order chi connectivity index (χ1) is 23.1. The maximum absolute atomic E-state index is 12.4. The molecular weight excluding hydrogens is 582 g/mol. The number of carbonyl (C=O) groups excluding carboxylic acids is 1. The number of nitrogens with one attached hydrogen (secondary N) is 1. The van der Waals surface area contributed by atoms with Gasteiger partial charge in [-0.15, -0.1) is 0 Å². The third-order valence-corrected chi connectivity index (χ3v) is 9.24. The minimum absolute atomic E-state index is 0.209. The van der Waals surface area contributed by atoms with E-state index >= 15 is 0 Å². The molecule has 0 aliphatic heterocycles. The first kappa shape index (κ1) is 45.6. The van der Waals surface area contributed by atoms with Crippen LogP contribution in [-0.4, -0.2) is 46.1 Å². The molecule has 1 amide bonds. The van der Waals surface area contributed by atoms with Gasteiger partial charge in [0.05, 0.1) is 18.8 Å². The van der Waals surface area contributed by atoms with Gasteiger partial charge in [0.1, 0.15) is 6.10 Å². The Balaban J connectivity index is 3.73. The number of hydrogen-bond donors (Lipinski definition) is 4. The van der Waals surface area contributed by atoms with Gasteiger partial charge in [0, 0.05) is 6.42 Å². The lowest BCUT2D eigenvalue weighted by Gasteiger charge is -2.21. The molecule has 0 spiro atoms. The summed E-state index contributed by atoms with van der Waals surface area (Å²) in [5.74, 6) is -0.571. The number of hydrogen-bond acceptors (Lipinski definition) is 4. The lowest BCUT2D eigenvalue weighted by Crippen LogP contribution is -2.48. The second-order valence-electron chi connectivity index (χ2n) is 13.9. The zero-order valence-electron chi connectivity index (χ0n) is 31.2. The summed E-state index contributed by atoms with van der Waals surface area (Å²) in [5, 5.41) is 32.9. The molecule has 0 saturated heterocycles. The molecule has 5 heteroatoms. The first-order valence-corrected chi connectivity index (χ1v) is 20.3. The molecule has 5 nitrogen and oxygen atoms in total. The Morgan fingerprint density at radius 3 is 1.34 bits per heavy atom. The molecule has 276 valence electrons. The van der Waals surface area contributed by atoms with E-state index in [9.17, 15) is 20.1 Å². The number of carbonyl (C=O) groups is 1. The van der Waals surface area contributed by atoms with Crippen molar-refractivity contribution >= 4 is 5.91 Å². The smallest absolute Gasteiger partial charge is 0.249 e. The molecule has 47 heavy (non-hydrogen) atoms. The number of aliphatic hydroxyl groups is 3. The summed E-state index contributed by atoms with van der Waals surface area (Å²) in [6.07, 6.45) is 46.2. The highest BCUT2D eigenvalue weighted by molar-refractivity contribution is 5.81. The largest absolute Gasteiger partial charge is 0.394 e.